The van der Waals surface area contributed by atoms with E-state index in [0.29, 0.717) is 12.5 Å². The molecule has 0 unspecified atom stereocenters. The van der Waals surface area contributed by atoms with E-state index in [2.05, 4.69) is 19.4 Å². The quantitative estimate of drug-likeness (QED) is 0.850. The third-order valence-electron chi connectivity index (χ3n) is 2.90. The number of rotatable bonds is 6. The van der Waals surface area contributed by atoms with E-state index < -0.39 is 10.0 Å². The maximum Gasteiger partial charge on any atom is 0.240 e. The van der Waals surface area contributed by atoms with Crippen molar-refractivity contribution >= 4 is 26.7 Å². The Bertz CT molecular complexity index is 693. The summed E-state index contributed by atoms with van der Waals surface area (Å²) >= 11 is 1.33. The van der Waals surface area contributed by atoms with Gasteiger partial charge in [0, 0.05) is 24.0 Å². The van der Waals surface area contributed by atoms with E-state index in [4.69, 9.17) is 0 Å². The Morgan fingerprint density at radius 3 is 2.43 bits per heavy atom. The largest absolute Gasteiger partial charge is 0.356 e. The normalized spacial score (nSPS) is 11.8. The highest BCUT2D eigenvalue weighted by Crippen LogP contribution is 2.18. The van der Waals surface area contributed by atoms with Gasteiger partial charge in [0.2, 0.25) is 15.2 Å². The zero-order valence-electron chi connectivity index (χ0n) is 12.1. The number of aromatic nitrogens is 2. The highest BCUT2D eigenvalue weighted by atomic mass is 32.2. The van der Waals surface area contributed by atoms with E-state index in [0.717, 1.165) is 16.5 Å². The van der Waals surface area contributed by atoms with Crippen LogP contribution in [0.2, 0.25) is 0 Å². The fourth-order valence-corrected chi connectivity index (χ4v) is 3.06. The lowest BCUT2D eigenvalue weighted by atomic mass is 10.2. The Morgan fingerprint density at radius 2 is 1.90 bits per heavy atom. The molecular weight excluding hydrogens is 308 g/mol. The number of nitrogens with zero attached hydrogens (tertiary/aromatic N) is 2. The second kappa shape index (κ2) is 6.50. The summed E-state index contributed by atoms with van der Waals surface area (Å²) in [6, 6.07) is 6.73. The second-order valence-electron chi connectivity index (χ2n) is 4.82. The van der Waals surface area contributed by atoms with Crippen LogP contribution in [0.3, 0.4) is 0 Å². The minimum atomic E-state index is -3.38. The molecule has 0 aliphatic rings. The maximum atomic E-state index is 11.6. The van der Waals surface area contributed by atoms with Gasteiger partial charge in [0.05, 0.1) is 4.90 Å². The SMILES string of the molecule is CNS(=O)(=O)c1ccc(CNc2nc(C(C)C)ns2)cc1. The molecule has 0 saturated carbocycles. The minimum absolute atomic E-state index is 0.256. The standard InChI is InChI=1S/C13H18N4O2S2/c1-9(2)12-16-13(20-17-12)15-8-10-4-6-11(7-5-10)21(18,19)14-3/h4-7,9,14H,8H2,1-3H3,(H,15,16,17). The first-order valence-corrected chi connectivity index (χ1v) is 8.78. The maximum absolute atomic E-state index is 11.6. The number of hydrogen-bond acceptors (Lipinski definition) is 6. The molecule has 21 heavy (non-hydrogen) atoms. The van der Waals surface area contributed by atoms with Gasteiger partial charge in [0.15, 0.2) is 0 Å². The zero-order valence-corrected chi connectivity index (χ0v) is 13.8. The van der Waals surface area contributed by atoms with Gasteiger partial charge in [-0.05, 0) is 24.7 Å². The number of benzene rings is 1. The fourth-order valence-electron chi connectivity index (χ4n) is 1.62. The van der Waals surface area contributed by atoms with Gasteiger partial charge in [-0.1, -0.05) is 26.0 Å². The van der Waals surface area contributed by atoms with Crippen LogP contribution >= 0.6 is 11.5 Å². The lowest BCUT2D eigenvalue weighted by molar-refractivity contribution is 0.588. The van der Waals surface area contributed by atoms with Crippen LogP contribution in [-0.4, -0.2) is 24.8 Å². The molecule has 0 aliphatic carbocycles. The molecule has 1 aromatic carbocycles. The number of hydrogen-bond donors (Lipinski definition) is 2. The Hall–Kier alpha value is -1.51. The van der Waals surface area contributed by atoms with Gasteiger partial charge in [-0.3, -0.25) is 0 Å². The van der Waals surface area contributed by atoms with Gasteiger partial charge >= 0.3 is 0 Å². The van der Waals surface area contributed by atoms with Crippen LogP contribution in [-0.2, 0) is 16.6 Å². The number of sulfonamides is 1. The molecule has 2 aromatic rings. The van der Waals surface area contributed by atoms with Crippen molar-refractivity contribution in [1.29, 1.82) is 0 Å². The molecule has 8 heteroatoms. The first kappa shape index (κ1) is 15.9. The van der Waals surface area contributed by atoms with Gasteiger partial charge in [0.25, 0.3) is 0 Å². The smallest absolute Gasteiger partial charge is 0.240 e. The lowest BCUT2D eigenvalue weighted by Crippen LogP contribution is -2.18. The van der Waals surface area contributed by atoms with Crippen molar-refractivity contribution in [2.75, 3.05) is 12.4 Å². The lowest BCUT2D eigenvalue weighted by Gasteiger charge is -2.05. The van der Waals surface area contributed by atoms with Crippen molar-refractivity contribution in [2.24, 2.45) is 0 Å². The molecule has 0 amide bonds. The summed E-state index contributed by atoms with van der Waals surface area (Å²) in [5, 5.41) is 3.96. The molecule has 6 nitrogen and oxygen atoms in total. The molecule has 2 rings (SSSR count). The summed E-state index contributed by atoms with van der Waals surface area (Å²) in [7, 11) is -1.98. The van der Waals surface area contributed by atoms with Gasteiger partial charge < -0.3 is 5.32 Å². The average molecular weight is 326 g/mol. The molecule has 0 radical (unpaired) electrons. The summed E-state index contributed by atoms with van der Waals surface area (Å²) in [6.07, 6.45) is 0. The van der Waals surface area contributed by atoms with E-state index in [1.54, 1.807) is 24.3 Å². The molecule has 114 valence electrons. The molecule has 0 spiro atoms. The molecule has 0 bridgehead atoms. The number of anilines is 1. The Kier molecular flexibility index (Phi) is 4.92. The van der Waals surface area contributed by atoms with Crippen molar-refractivity contribution < 1.29 is 8.42 Å². The van der Waals surface area contributed by atoms with E-state index in [1.165, 1.54) is 18.6 Å². The van der Waals surface area contributed by atoms with Crippen LogP contribution in [0.4, 0.5) is 5.13 Å². The molecule has 0 saturated heterocycles. The summed E-state index contributed by atoms with van der Waals surface area (Å²) in [6.45, 7) is 4.67. The van der Waals surface area contributed by atoms with Crippen molar-refractivity contribution in [3.63, 3.8) is 0 Å². The Balaban J connectivity index is 2.00. The van der Waals surface area contributed by atoms with E-state index >= 15 is 0 Å². The van der Waals surface area contributed by atoms with E-state index in [1.807, 2.05) is 13.8 Å². The summed E-state index contributed by atoms with van der Waals surface area (Å²) < 4.78 is 29.8. The van der Waals surface area contributed by atoms with Crippen molar-refractivity contribution in [2.45, 2.75) is 31.2 Å². The predicted molar refractivity (Wildman–Crippen MR) is 84.0 cm³/mol. The molecule has 0 fully saturated rings. The third-order valence-corrected chi connectivity index (χ3v) is 5.02. The molecule has 0 atom stereocenters. The average Bonchev–Trinajstić information content (AvgIpc) is 2.95. The van der Waals surface area contributed by atoms with Crippen LogP contribution in [0.25, 0.3) is 0 Å². The van der Waals surface area contributed by atoms with E-state index in [9.17, 15) is 8.42 Å². The molecule has 0 aliphatic heterocycles. The second-order valence-corrected chi connectivity index (χ2v) is 7.46. The van der Waals surface area contributed by atoms with Gasteiger partial charge in [-0.15, -0.1) is 0 Å². The monoisotopic (exact) mass is 326 g/mol. The minimum Gasteiger partial charge on any atom is -0.356 e. The van der Waals surface area contributed by atoms with Crippen LogP contribution in [0.5, 0.6) is 0 Å². The first-order chi connectivity index (χ1) is 9.92. The van der Waals surface area contributed by atoms with E-state index in [-0.39, 0.29) is 4.90 Å². The molecule has 1 heterocycles. The first-order valence-electron chi connectivity index (χ1n) is 6.52. The summed E-state index contributed by atoms with van der Waals surface area (Å²) in [5.74, 6) is 1.14. The van der Waals surface area contributed by atoms with Crippen LogP contribution in [0.15, 0.2) is 29.2 Å². The molecule has 1 aromatic heterocycles. The highest BCUT2D eigenvalue weighted by Gasteiger charge is 2.11. The summed E-state index contributed by atoms with van der Waals surface area (Å²) in [4.78, 5) is 4.64. The van der Waals surface area contributed by atoms with Crippen LogP contribution < -0.4 is 10.0 Å². The van der Waals surface area contributed by atoms with Crippen molar-refractivity contribution in [3.8, 4) is 0 Å². The fraction of sp³-hybridized carbons (Fsp3) is 0.385. The van der Waals surface area contributed by atoms with Gasteiger partial charge in [0.1, 0.15) is 5.82 Å². The summed E-state index contributed by atoms with van der Waals surface area (Å²) in [5.41, 5.74) is 0.978. The molecular formula is C13H18N4O2S2. The van der Waals surface area contributed by atoms with Crippen LogP contribution in [0, 0.1) is 0 Å². The van der Waals surface area contributed by atoms with Gasteiger partial charge in [-0.25, -0.2) is 18.1 Å². The topological polar surface area (TPSA) is 84.0 Å². The Labute approximate surface area is 128 Å². The van der Waals surface area contributed by atoms with Crippen molar-refractivity contribution in [1.82, 2.24) is 14.1 Å². The highest BCUT2D eigenvalue weighted by molar-refractivity contribution is 7.89. The predicted octanol–water partition coefficient (Wildman–Crippen LogP) is 2.18. The number of nitrogens with one attached hydrogen (secondary N) is 2. The zero-order chi connectivity index (χ0) is 15.5. The Morgan fingerprint density at radius 1 is 1.24 bits per heavy atom. The third kappa shape index (κ3) is 3.99. The van der Waals surface area contributed by atoms with Crippen LogP contribution in [0.1, 0.15) is 31.2 Å². The molecule has 2 N–H and O–H groups in total. The van der Waals surface area contributed by atoms with Gasteiger partial charge in [-0.2, -0.15) is 4.37 Å². The van der Waals surface area contributed by atoms with Crippen molar-refractivity contribution in [3.05, 3.63) is 35.7 Å².